The summed E-state index contributed by atoms with van der Waals surface area (Å²) in [5, 5.41) is 11.7. The van der Waals surface area contributed by atoms with E-state index in [4.69, 9.17) is 0 Å². The lowest BCUT2D eigenvalue weighted by Gasteiger charge is -2.35. The minimum Gasteiger partial charge on any atom is -0.371 e. The summed E-state index contributed by atoms with van der Waals surface area (Å²) in [5.41, 5.74) is 2.01. The molecule has 0 saturated heterocycles. The van der Waals surface area contributed by atoms with E-state index >= 15 is 0 Å². The molecular weight excluding hydrogens is 323 g/mol. The molecule has 0 amide bonds. The molecule has 0 unspecified atom stereocenters. The number of aryl methyl sites for hydroxylation is 2. The van der Waals surface area contributed by atoms with Crippen molar-refractivity contribution in [2.24, 2.45) is 0 Å². The summed E-state index contributed by atoms with van der Waals surface area (Å²) < 4.78 is 16.9. The van der Waals surface area contributed by atoms with Gasteiger partial charge in [0.15, 0.2) is 11.6 Å². The van der Waals surface area contributed by atoms with E-state index in [9.17, 15) is 4.39 Å². The van der Waals surface area contributed by atoms with Crippen molar-refractivity contribution in [3.05, 3.63) is 33.6 Å². The zero-order chi connectivity index (χ0) is 14.7. The summed E-state index contributed by atoms with van der Waals surface area (Å²) in [6.45, 7) is 7.95. The van der Waals surface area contributed by atoms with Crippen LogP contribution in [0.25, 0.3) is 5.69 Å². The van der Waals surface area contributed by atoms with Crippen LogP contribution in [0.3, 0.4) is 0 Å². The van der Waals surface area contributed by atoms with Gasteiger partial charge in [0.1, 0.15) is 11.5 Å². The minimum atomic E-state index is -0.390. The monoisotopic (exact) mass is 338 g/mol. The van der Waals surface area contributed by atoms with Gasteiger partial charge in [-0.3, -0.25) is 4.57 Å². The molecule has 106 valence electrons. The van der Waals surface area contributed by atoms with Crippen molar-refractivity contribution in [1.82, 2.24) is 14.8 Å². The summed E-state index contributed by atoms with van der Waals surface area (Å²) in [6, 6.07) is 1.84. The van der Waals surface area contributed by atoms with Crippen LogP contribution in [0.4, 0.5) is 10.1 Å². The number of hydrogen-bond acceptors (Lipinski definition) is 3. The van der Waals surface area contributed by atoms with Crippen LogP contribution in [0.2, 0.25) is 0 Å². The fourth-order valence-electron chi connectivity index (χ4n) is 2.69. The molecule has 1 aromatic carbocycles. The molecule has 2 aromatic rings. The van der Waals surface area contributed by atoms with Crippen LogP contribution in [-0.4, -0.2) is 14.8 Å². The first-order valence-electron chi connectivity index (χ1n) is 6.58. The first kappa shape index (κ1) is 13.5. The normalized spacial score (nSPS) is 15.5. The van der Waals surface area contributed by atoms with E-state index in [2.05, 4.69) is 38.4 Å². The van der Waals surface area contributed by atoms with E-state index in [0.717, 1.165) is 23.5 Å². The van der Waals surface area contributed by atoms with Gasteiger partial charge in [-0.05, 0) is 54.8 Å². The average molecular weight is 339 g/mol. The van der Waals surface area contributed by atoms with Gasteiger partial charge in [-0.15, -0.1) is 10.2 Å². The Bertz CT molecular complexity index is 706. The van der Waals surface area contributed by atoms with E-state index in [-0.39, 0.29) is 5.82 Å². The maximum absolute atomic E-state index is 14.6. The van der Waals surface area contributed by atoms with Crippen molar-refractivity contribution in [3.63, 3.8) is 0 Å². The second-order valence-electron chi connectivity index (χ2n) is 5.56. The molecule has 0 spiro atoms. The Morgan fingerprint density at radius 2 is 2.10 bits per heavy atom. The Morgan fingerprint density at radius 3 is 2.75 bits per heavy atom. The van der Waals surface area contributed by atoms with Gasteiger partial charge in [0.2, 0.25) is 0 Å². The van der Waals surface area contributed by atoms with Crippen LogP contribution in [0.5, 0.6) is 0 Å². The van der Waals surface area contributed by atoms with Gasteiger partial charge >= 0.3 is 0 Å². The van der Waals surface area contributed by atoms with Crippen molar-refractivity contribution < 1.29 is 4.39 Å². The Morgan fingerprint density at radius 1 is 1.40 bits per heavy atom. The van der Waals surface area contributed by atoms with E-state index in [1.54, 1.807) is 0 Å². The van der Waals surface area contributed by atoms with E-state index in [1.807, 2.05) is 31.4 Å². The molecule has 20 heavy (non-hydrogen) atoms. The molecule has 0 saturated carbocycles. The molecule has 0 aliphatic carbocycles. The fraction of sp³-hybridized carbons (Fsp3) is 0.429. The molecule has 3 rings (SSSR count). The van der Waals surface area contributed by atoms with Crippen LogP contribution < -0.4 is 5.32 Å². The molecule has 1 aliphatic heterocycles. The lowest BCUT2D eigenvalue weighted by molar-refractivity contribution is 0.519. The Kier molecular flexibility index (Phi) is 2.90. The van der Waals surface area contributed by atoms with Crippen LogP contribution in [0.1, 0.15) is 38.0 Å². The molecule has 4 nitrogen and oxygen atoms in total. The molecule has 0 radical (unpaired) electrons. The summed E-state index contributed by atoms with van der Waals surface area (Å²) in [5.74, 6) is 1.13. The molecule has 2 heterocycles. The van der Waals surface area contributed by atoms with Crippen molar-refractivity contribution in [3.8, 4) is 5.69 Å². The van der Waals surface area contributed by atoms with Gasteiger partial charge in [-0.1, -0.05) is 6.92 Å². The standard InChI is InChI=1S/C14H16BrFN4/c1-5-8-6-9(15)10(16)12-11(8)17-14(3,4)13-19-18-7(2)20(12)13/h6,17H,5H2,1-4H3. The minimum absolute atomic E-state index is 0.288. The van der Waals surface area contributed by atoms with Gasteiger partial charge in [-0.2, -0.15) is 0 Å². The number of nitrogens with one attached hydrogen (secondary N) is 1. The van der Waals surface area contributed by atoms with E-state index in [1.165, 1.54) is 0 Å². The summed E-state index contributed by atoms with van der Waals surface area (Å²) in [7, 11) is 0. The number of benzene rings is 1. The summed E-state index contributed by atoms with van der Waals surface area (Å²) in [6.07, 6.45) is 0.820. The Balaban J connectivity index is 2.43. The van der Waals surface area contributed by atoms with Gasteiger partial charge < -0.3 is 5.32 Å². The fourth-order valence-corrected chi connectivity index (χ4v) is 3.16. The lowest BCUT2D eigenvalue weighted by atomic mass is 9.97. The highest BCUT2D eigenvalue weighted by Crippen LogP contribution is 2.42. The highest BCUT2D eigenvalue weighted by molar-refractivity contribution is 9.10. The maximum atomic E-state index is 14.6. The molecular formula is C14H16BrFN4. The molecule has 1 aliphatic rings. The van der Waals surface area contributed by atoms with Gasteiger partial charge in [0, 0.05) is 0 Å². The third kappa shape index (κ3) is 1.70. The molecule has 1 N–H and O–H groups in total. The van der Waals surface area contributed by atoms with Crippen molar-refractivity contribution in [2.45, 2.75) is 39.7 Å². The van der Waals surface area contributed by atoms with Crippen LogP contribution in [0, 0.1) is 12.7 Å². The summed E-state index contributed by atoms with van der Waals surface area (Å²) in [4.78, 5) is 0. The Hall–Kier alpha value is -1.43. The summed E-state index contributed by atoms with van der Waals surface area (Å²) >= 11 is 3.30. The topological polar surface area (TPSA) is 42.7 Å². The maximum Gasteiger partial charge on any atom is 0.163 e. The molecule has 0 bridgehead atoms. The van der Waals surface area contributed by atoms with Crippen molar-refractivity contribution in [1.29, 1.82) is 0 Å². The third-order valence-corrected chi connectivity index (χ3v) is 4.28. The van der Waals surface area contributed by atoms with Gasteiger partial charge in [0.25, 0.3) is 0 Å². The van der Waals surface area contributed by atoms with Crippen LogP contribution in [-0.2, 0) is 12.0 Å². The highest BCUT2D eigenvalue weighted by atomic mass is 79.9. The lowest BCUT2D eigenvalue weighted by Crippen LogP contribution is -2.37. The predicted octanol–water partition coefficient (Wildman–Crippen LogP) is 3.70. The van der Waals surface area contributed by atoms with E-state index < -0.39 is 5.54 Å². The SMILES string of the molecule is CCc1cc(Br)c(F)c2c1NC(C)(C)c1nnc(C)n1-2. The zero-order valence-corrected chi connectivity index (χ0v) is 13.5. The van der Waals surface area contributed by atoms with Gasteiger partial charge in [0.05, 0.1) is 15.7 Å². The van der Waals surface area contributed by atoms with E-state index in [0.29, 0.717) is 16.0 Å². The number of anilines is 1. The quantitative estimate of drug-likeness (QED) is 0.862. The molecule has 0 fully saturated rings. The third-order valence-electron chi connectivity index (χ3n) is 3.70. The number of hydrogen-bond donors (Lipinski definition) is 1. The second-order valence-corrected chi connectivity index (χ2v) is 6.42. The van der Waals surface area contributed by atoms with Crippen LogP contribution >= 0.6 is 15.9 Å². The number of nitrogens with zero attached hydrogens (tertiary/aromatic N) is 3. The first-order valence-corrected chi connectivity index (χ1v) is 7.38. The highest BCUT2D eigenvalue weighted by Gasteiger charge is 2.37. The average Bonchev–Trinajstić information content (AvgIpc) is 2.77. The number of aromatic nitrogens is 3. The number of rotatable bonds is 1. The largest absolute Gasteiger partial charge is 0.371 e. The Labute approximate surface area is 125 Å². The zero-order valence-electron chi connectivity index (χ0n) is 11.9. The smallest absolute Gasteiger partial charge is 0.163 e. The molecule has 1 aromatic heterocycles. The number of fused-ring (bicyclic) bond motifs is 3. The van der Waals surface area contributed by atoms with Crippen molar-refractivity contribution in [2.75, 3.05) is 5.32 Å². The molecule has 0 atom stereocenters. The van der Waals surface area contributed by atoms with Gasteiger partial charge in [-0.25, -0.2) is 4.39 Å². The second kappa shape index (κ2) is 4.28. The molecule has 6 heteroatoms. The number of halogens is 2. The predicted molar refractivity (Wildman–Crippen MR) is 79.8 cm³/mol. The van der Waals surface area contributed by atoms with Crippen molar-refractivity contribution >= 4 is 21.6 Å². The van der Waals surface area contributed by atoms with Crippen LogP contribution in [0.15, 0.2) is 10.5 Å². The first-order chi connectivity index (χ1) is 9.36.